The van der Waals surface area contributed by atoms with Crippen LogP contribution in [-0.4, -0.2) is 22.3 Å². The highest BCUT2D eigenvalue weighted by atomic mass is 35.5. The van der Waals surface area contributed by atoms with Crippen LogP contribution in [0.1, 0.15) is 52.8 Å². The first-order valence-corrected chi connectivity index (χ1v) is 8.24. The zero-order valence-corrected chi connectivity index (χ0v) is 16.6. The van der Waals surface area contributed by atoms with Gasteiger partial charge in [-0.25, -0.2) is 4.99 Å². The largest absolute Gasteiger partial charge is 1.00 e. The minimum Gasteiger partial charge on any atom is -1.00 e. The average molecular weight is 348 g/mol. The van der Waals surface area contributed by atoms with Crippen molar-refractivity contribution in [1.29, 1.82) is 0 Å². The molecule has 0 spiro atoms. The van der Waals surface area contributed by atoms with Gasteiger partial charge < -0.3 is 22.7 Å². The third-order valence-electron chi connectivity index (χ3n) is 3.50. The summed E-state index contributed by atoms with van der Waals surface area (Å²) < 4.78 is 0. The van der Waals surface area contributed by atoms with Crippen molar-refractivity contribution in [3.63, 3.8) is 0 Å². The first kappa shape index (κ1) is 20.3. The first-order chi connectivity index (χ1) is 10.6. The molecule has 1 aromatic heterocycles. The van der Waals surface area contributed by atoms with Gasteiger partial charge in [0, 0.05) is 11.1 Å². The van der Waals surface area contributed by atoms with Crippen molar-refractivity contribution in [2.24, 2.45) is 0 Å². The van der Waals surface area contributed by atoms with Crippen molar-refractivity contribution in [2.75, 3.05) is 5.32 Å². The van der Waals surface area contributed by atoms with Crippen molar-refractivity contribution in [3.8, 4) is 11.1 Å². The average Bonchev–Trinajstić information content (AvgIpc) is 2.71. The summed E-state index contributed by atoms with van der Waals surface area (Å²) in [5, 5.41) is 3.60. The summed E-state index contributed by atoms with van der Waals surface area (Å²) >= 11 is 0. The predicted octanol–water partition coefficient (Wildman–Crippen LogP) is 0.503. The second-order valence-corrected chi connectivity index (χ2v) is 8.19. The quantitative estimate of drug-likeness (QED) is 0.696. The van der Waals surface area contributed by atoms with Crippen molar-refractivity contribution in [3.05, 3.63) is 41.6 Å². The Kier molecular flexibility index (Phi) is 6.29. The van der Waals surface area contributed by atoms with Crippen LogP contribution in [0.4, 0.5) is 5.82 Å². The number of nitrogens with one attached hydrogen (secondary N) is 3. The van der Waals surface area contributed by atoms with Gasteiger partial charge in [0.05, 0.1) is 0 Å². The second-order valence-electron chi connectivity index (χ2n) is 8.19. The van der Waals surface area contributed by atoms with Gasteiger partial charge in [-0.2, -0.15) is 0 Å². The maximum atomic E-state index is 3.60. The van der Waals surface area contributed by atoms with E-state index < -0.39 is 0 Å². The lowest BCUT2D eigenvalue weighted by molar-refractivity contribution is -0.533. The Bertz CT molecular complexity index is 686. The third kappa shape index (κ3) is 5.41. The van der Waals surface area contributed by atoms with Gasteiger partial charge in [-0.15, -0.1) is 0 Å². The molecule has 0 aliphatic carbocycles. The molecule has 1 heterocycles. The zero-order chi connectivity index (χ0) is 17.3. The number of hydrogen-bond donors (Lipinski definition) is 3. The normalized spacial score (nSPS) is 12.3. The van der Waals surface area contributed by atoms with Crippen LogP contribution in [0.25, 0.3) is 11.1 Å². The molecule has 4 heteroatoms. The number of rotatable bonds is 3. The number of H-pyrrole nitrogens is 1. The Morgan fingerprint density at radius 1 is 1.00 bits per heavy atom. The molecule has 3 nitrogen and oxygen atoms in total. The first-order valence-electron chi connectivity index (χ1n) is 8.24. The van der Waals surface area contributed by atoms with Gasteiger partial charge in [-0.3, -0.25) is 0 Å². The molecule has 0 aliphatic heterocycles. The molecule has 0 radical (unpaired) electrons. The maximum Gasteiger partial charge on any atom is 0.186 e. The van der Waals surface area contributed by atoms with Crippen LogP contribution in [0.3, 0.4) is 0 Å². The van der Waals surface area contributed by atoms with E-state index >= 15 is 0 Å². The van der Waals surface area contributed by atoms with Gasteiger partial charge in [0.15, 0.2) is 11.8 Å². The van der Waals surface area contributed by atoms with E-state index in [1.165, 1.54) is 16.7 Å². The zero-order valence-electron chi connectivity index (χ0n) is 15.8. The predicted molar refractivity (Wildman–Crippen MR) is 100 cm³/mol. The van der Waals surface area contributed by atoms with Gasteiger partial charge in [-0.1, -0.05) is 30.3 Å². The summed E-state index contributed by atoms with van der Waals surface area (Å²) in [6.07, 6.45) is 2.08. The summed E-state index contributed by atoms with van der Waals surface area (Å²) in [6.45, 7) is 15.2. The van der Waals surface area contributed by atoms with Gasteiger partial charge in [0.2, 0.25) is 0 Å². The molecule has 24 heavy (non-hydrogen) atoms. The Labute approximate surface area is 152 Å². The highest BCUT2D eigenvalue weighted by Gasteiger charge is 2.21. The van der Waals surface area contributed by atoms with Gasteiger partial charge in [0.25, 0.3) is 0 Å². The van der Waals surface area contributed by atoms with Crippen LogP contribution in [0.2, 0.25) is 0 Å². The number of halogens is 1. The molecular formula is C20H30ClN3. The van der Waals surface area contributed by atoms with Crippen molar-refractivity contribution >= 4 is 12.0 Å². The Morgan fingerprint density at radius 3 is 2.08 bits per heavy atom. The van der Waals surface area contributed by atoms with Crippen LogP contribution in [-0.2, 0) is 0 Å². The van der Waals surface area contributed by atoms with Crippen LogP contribution in [0, 0.1) is 6.92 Å². The van der Waals surface area contributed by atoms with Crippen molar-refractivity contribution in [1.82, 2.24) is 4.98 Å². The van der Waals surface area contributed by atoms with Gasteiger partial charge in [-0.05, 0) is 59.6 Å². The minimum atomic E-state index is -0.00442. The molecule has 0 fully saturated rings. The number of aromatic nitrogens is 1. The van der Waals surface area contributed by atoms with Crippen molar-refractivity contribution < 1.29 is 17.4 Å². The summed E-state index contributed by atoms with van der Waals surface area (Å²) in [6, 6.07) is 10.5. The van der Waals surface area contributed by atoms with Crippen LogP contribution in [0.15, 0.2) is 30.3 Å². The molecule has 0 amide bonds. The van der Waals surface area contributed by atoms with Gasteiger partial charge >= 0.3 is 0 Å². The highest BCUT2D eigenvalue weighted by molar-refractivity contribution is 5.88. The molecule has 0 saturated heterocycles. The Hall–Kier alpha value is -1.74. The van der Waals surface area contributed by atoms with E-state index in [2.05, 4.69) is 100 Å². The fraction of sp³-hybridized carbons (Fsp3) is 0.450. The highest BCUT2D eigenvalue weighted by Crippen LogP contribution is 2.34. The standard InChI is InChI=1S/C20H29N3.ClH/c1-14-16(13-21-19(2,3)4)22-18(23-20(5,6)7)17(14)15-11-9-8-10-12-15;/h8-13,22-23H,1-7H3;1H. The van der Waals surface area contributed by atoms with E-state index in [-0.39, 0.29) is 23.5 Å². The molecule has 0 bridgehead atoms. The molecule has 2 rings (SSSR count). The smallest absolute Gasteiger partial charge is 0.186 e. The fourth-order valence-electron chi connectivity index (χ4n) is 2.48. The maximum absolute atomic E-state index is 3.60. The molecule has 3 N–H and O–H groups in total. The molecule has 1 aromatic carbocycles. The fourth-order valence-corrected chi connectivity index (χ4v) is 2.48. The minimum absolute atomic E-state index is 0. The van der Waals surface area contributed by atoms with E-state index in [4.69, 9.17) is 0 Å². The Morgan fingerprint density at radius 2 is 1.58 bits per heavy atom. The number of anilines is 1. The third-order valence-corrected chi connectivity index (χ3v) is 3.50. The van der Waals surface area contributed by atoms with Crippen LogP contribution in [0.5, 0.6) is 0 Å². The number of hydrogen-bond acceptors (Lipinski definition) is 1. The molecule has 0 aliphatic rings. The molecule has 0 unspecified atom stereocenters. The van der Waals surface area contributed by atoms with E-state index in [0.29, 0.717) is 0 Å². The van der Waals surface area contributed by atoms with Crippen LogP contribution < -0.4 is 22.7 Å². The molecular weight excluding hydrogens is 318 g/mol. The molecule has 0 saturated carbocycles. The second kappa shape index (κ2) is 7.43. The molecule has 2 aromatic rings. The molecule has 132 valence electrons. The van der Waals surface area contributed by atoms with E-state index in [1.807, 2.05) is 0 Å². The number of aromatic amines is 1. The Balaban J connectivity index is 0.00000288. The van der Waals surface area contributed by atoms with E-state index in [9.17, 15) is 0 Å². The van der Waals surface area contributed by atoms with Crippen LogP contribution >= 0.6 is 0 Å². The topological polar surface area (TPSA) is 41.8 Å². The lowest BCUT2D eigenvalue weighted by Gasteiger charge is -2.22. The summed E-state index contributed by atoms with van der Waals surface area (Å²) in [5.74, 6) is 1.07. The van der Waals surface area contributed by atoms with Gasteiger partial charge in [0.1, 0.15) is 11.5 Å². The lowest BCUT2D eigenvalue weighted by atomic mass is 10.0. The van der Waals surface area contributed by atoms with Crippen molar-refractivity contribution in [2.45, 2.75) is 59.5 Å². The van der Waals surface area contributed by atoms with E-state index in [1.54, 1.807) is 0 Å². The summed E-state index contributed by atoms with van der Waals surface area (Å²) in [4.78, 5) is 7.00. The number of benzene rings is 1. The molecule has 0 atom stereocenters. The monoisotopic (exact) mass is 347 g/mol. The summed E-state index contributed by atoms with van der Waals surface area (Å²) in [5.41, 5.74) is 4.87. The van der Waals surface area contributed by atoms with E-state index in [0.717, 1.165) is 11.5 Å². The summed E-state index contributed by atoms with van der Waals surface area (Å²) in [7, 11) is 0. The lowest BCUT2D eigenvalue weighted by Crippen LogP contribution is -3.00. The SMILES string of the molecule is Cc1c(C=[NH+]C(C)(C)C)[nH]c(NC(C)(C)C)c1-c1ccccc1.[Cl-].